The van der Waals surface area contributed by atoms with Gasteiger partial charge in [0.2, 0.25) is 0 Å². The monoisotopic (exact) mass is 798 g/mol. The van der Waals surface area contributed by atoms with E-state index in [4.69, 9.17) is 16.5 Å². The molecule has 58 heavy (non-hydrogen) atoms. The van der Waals surface area contributed by atoms with Gasteiger partial charge in [-0.15, -0.1) is 22.7 Å². The molecule has 0 unspecified atom stereocenters. The molecule has 0 radical (unpaired) electrons. The number of halogens is 1. The summed E-state index contributed by atoms with van der Waals surface area (Å²) in [6.07, 6.45) is 6.70. The number of anilines is 2. The zero-order valence-corrected chi connectivity index (χ0v) is 32.8. The molecule has 0 fully saturated rings. The molecule has 284 valence electrons. The number of rotatable bonds is 8. The Hall–Kier alpha value is -7.09. The standard InChI is InChI=1S/C23H19N5S.C22H16FN5S/c1-15-7-5-6-10-17(15)12-28-14-27-20(16-8-3-2-4-9-16)21(28)19-11-18-22(24)25-13-26-23(18)29-19;23-16-8-4-5-14(9-16)11-28-13-27-19(15-6-2-1-3-7-15)20(28)18-10-17-21(24)25-12-26-22(17)29-18/h2-11,13-14H,12H2,1H3,(H2,24,25,26);1-10,12-13H,11H2,(H2,24,25,26). The van der Waals surface area contributed by atoms with E-state index in [2.05, 4.69) is 78.9 Å². The van der Waals surface area contributed by atoms with Crippen LogP contribution in [-0.2, 0) is 13.1 Å². The summed E-state index contributed by atoms with van der Waals surface area (Å²) in [5.74, 6) is 0.705. The summed E-state index contributed by atoms with van der Waals surface area (Å²) in [5, 5.41) is 1.71. The number of hydrogen-bond acceptors (Lipinski definition) is 10. The molecule has 0 aliphatic rings. The second kappa shape index (κ2) is 15.8. The minimum absolute atomic E-state index is 0.252. The van der Waals surface area contributed by atoms with E-state index in [0.717, 1.165) is 76.2 Å². The van der Waals surface area contributed by atoms with Crippen molar-refractivity contribution in [3.05, 3.63) is 169 Å². The van der Waals surface area contributed by atoms with Crippen LogP contribution in [0.15, 0.2) is 147 Å². The molecule has 0 saturated carbocycles. The van der Waals surface area contributed by atoms with E-state index in [-0.39, 0.29) is 5.82 Å². The Morgan fingerprint density at radius 2 is 1.07 bits per heavy atom. The van der Waals surface area contributed by atoms with E-state index in [0.29, 0.717) is 18.2 Å². The van der Waals surface area contributed by atoms with Crippen molar-refractivity contribution in [2.75, 3.05) is 11.5 Å². The van der Waals surface area contributed by atoms with Crippen LogP contribution in [0.3, 0.4) is 0 Å². The second-order valence-corrected chi connectivity index (χ2v) is 15.7. The van der Waals surface area contributed by atoms with Crippen molar-refractivity contribution in [2.24, 2.45) is 0 Å². The third kappa shape index (κ3) is 7.31. The van der Waals surface area contributed by atoms with Crippen molar-refractivity contribution >= 4 is 54.7 Å². The van der Waals surface area contributed by atoms with Crippen LogP contribution in [0, 0.1) is 12.7 Å². The number of nitrogens with zero attached hydrogens (tertiary/aromatic N) is 8. The molecular weight excluding hydrogens is 764 g/mol. The highest BCUT2D eigenvalue weighted by Gasteiger charge is 2.21. The van der Waals surface area contributed by atoms with Gasteiger partial charge in [0.25, 0.3) is 0 Å². The fourth-order valence-corrected chi connectivity index (χ4v) is 9.06. The minimum atomic E-state index is -0.252. The number of fused-ring (bicyclic) bond motifs is 2. The average Bonchev–Trinajstić information content (AvgIpc) is 4.05. The summed E-state index contributed by atoms with van der Waals surface area (Å²) in [6, 6.07) is 39.4. The second-order valence-electron chi connectivity index (χ2n) is 13.6. The first-order valence-corrected chi connectivity index (χ1v) is 20.0. The lowest BCUT2D eigenvalue weighted by molar-refractivity contribution is 0.623. The number of imidazole rings is 2. The topological polar surface area (TPSA) is 139 Å². The zero-order valence-electron chi connectivity index (χ0n) is 31.2. The molecule has 0 bridgehead atoms. The third-order valence-corrected chi connectivity index (χ3v) is 11.9. The van der Waals surface area contributed by atoms with Crippen LogP contribution in [0.1, 0.15) is 16.7 Å². The predicted octanol–water partition coefficient (Wildman–Crippen LogP) is 10.2. The quantitative estimate of drug-likeness (QED) is 0.155. The van der Waals surface area contributed by atoms with Crippen LogP contribution >= 0.6 is 22.7 Å². The normalized spacial score (nSPS) is 11.2. The highest BCUT2D eigenvalue weighted by molar-refractivity contribution is 7.22. The van der Waals surface area contributed by atoms with Gasteiger partial charge in [-0.1, -0.05) is 97.1 Å². The van der Waals surface area contributed by atoms with Gasteiger partial charge >= 0.3 is 0 Å². The van der Waals surface area contributed by atoms with Crippen molar-refractivity contribution in [1.82, 2.24) is 39.0 Å². The maximum Gasteiger partial charge on any atom is 0.135 e. The molecular formula is C45H35FN10S2. The van der Waals surface area contributed by atoms with Gasteiger partial charge in [-0.25, -0.2) is 34.3 Å². The van der Waals surface area contributed by atoms with Gasteiger partial charge in [0.1, 0.15) is 39.8 Å². The molecule has 13 heteroatoms. The lowest BCUT2D eigenvalue weighted by Crippen LogP contribution is -2.02. The maximum atomic E-state index is 13.7. The van der Waals surface area contributed by atoms with E-state index in [1.54, 1.807) is 29.8 Å². The molecule has 6 aromatic heterocycles. The van der Waals surface area contributed by atoms with Crippen molar-refractivity contribution in [1.29, 1.82) is 0 Å². The van der Waals surface area contributed by atoms with Crippen LogP contribution in [-0.4, -0.2) is 39.0 Å². The maximum absolute atomic E-state index is 13.7. The Morgan fingerprint density at radius 3 is 1.59 bits per heavy atom. The van der Waals surface area contributed by atoms with Crippen molar-refractivity contribution in [3.8, 4) is 43.7 Å². The van der Waals surface area contributed by atoms with Gasteiger partial charge in [-0.05, 0) is 47.9 Å². The number of hydrogen-bond donors (Lipinski definition) is 2. The highest BCUT2D eigenvalue weighted by Crippen LogP contribution is 2.41. The zero-order chi connectivity index (χ0) is 39.6. The van der Waals surface area contributed by atoms with Crippen LogP contribution < -0.4 is 11.5 Å². The third-order valence-electron chi connectivity index (χ3n) is 9.80. The molecule has 10 nitrogen and oxygen atoms in total. The summed E-state index contributed by atoms with van der Waals surface area (Å²) in [6.45, 7) is 3.39. The first-order chi connectivity index (χ1) is 28.4. The summed E-state index contributed by atoms with van der Waals surface area (Å²) < 4.78 is 17.9. The number of nitrogens with two attached hydrogens (primary N) is 2. The van der Waals surface area contributed by atoms with Gasteiger partial charge in [0, 0.05) is 24.2 Å². The number of benzene rings is 4. The molecule has 10 aromatic rings. The lowest BCUT2D eigenvalue weighted by atomic mass is 10.1. The SMILES string of the molecule is Cc1ccccc1Cn1cnc(-c2ccccc2)c1-c1cc2c(N)ncnc2s1.Nc1ncnc2sc(-c3c(-c4ccccc4)ncn3Cc3cccc(F)c3)cc12. The van der Waals surface area contributed by atoms with Gasteiger partial charge < -0.3 is 20.6 Å². The molecule has 0 aliphatic heterocycles. The number of aromatic nitrogens is 8. The van der Waals surface area contributed by atoms with E-state index >= 15 is 0 Å². The minimum Gasteiger partial charge on any atom is -0.383 e. The van der Waals surface area contributed by atoms with Gasteiger partial charge in [-0.3, -0.25) is 0 Å². The molecule has 6 heterocycles. The number of aryl methyl sites for hydroxylation is 1. The molecule has 0 saturated heterocycles. The smallest absolute Gasteiger partial charge is 0.135 e. The summed E-state index contributed by atoms with van der Waals surface area (Å²) >= 11 is 3.15. The first kappa shape index (κ1) is 36.5. The Morgan fingerprint density at radius 1 is 0.552 bits per heavy atom. The Labute approximate surface area is 341 Å². The predicted molar refractivity (Wildman–Crippen MR) is 233 cm³/mol. The number of thiophene rings is 2. The van der Waals surface area contributed by atoms with Gasteiger partial charge in [0.05, 0.1) is 56.0 Å². The average molecular weight is 799 g/mol. The summed E-state index contributed by atoms with van der Waals surface area (Å²) in [7, 11) is 0. The molecule has 0 atom stereocenters. The van der Waals surface area contributed by atoms with E-state index in [1.807, 2.05) is 71.6 Å². The summed E-state index contributed by atoms with van der Waals surface area (Å²) in [4.78, 5) is 30.2. The van der Waals surface area contributed by atoms with Crippen molar-refractivity contribution < 1.29 is 4.39 Å². The van der Waals surface area contributed by atoms with Crippen molar-refractivity contribution in [3.63, 3.8) is 0 Å². The lowest BCUT2D eigenvalue weighted by Gasteiger charge is -2.11. The molecule has 0 aliphatic carbocycles. The molecule has 0 amide bonds. The fourth-order valence-electron chi connectivity index (χ4n) is 6.92. The van der Waals surface area contributed by atoms with Crippen LogP contribution in [0.25, 0.3) is 64.1 Å². The Balaban J connectivity index is 0.000000150. The number of nitrogen functional groups attached to an aromatic ring is 2. The van der Waals surface area contributed by atoms with Crippen LogP contribution in [0.4, 0.5) is 16.0 Å². The van der Waals surface area contributed by atoms with Crippen molar-refractivity contribution in [2.45, 2.75) is 20.0 Å². The Bertz CT molecular complexity index is 3020. The van der Waals surface area contributed by atoms with E-state index < -0.39 is 0 Å². The molecule has 10 rings (SSSR count). The largest absolute Gasteiger partial charge is 0.383 e. The first-order valence-electron chi connectivity index (χ1n) is 18.4. The van der Waals surface area contributed by atoms with Crippen LogP contribution in [0.2, 0.25) is 0 Å². The molecule has 4 N–H and O–H groups in total. The van der Waals surface area contributed by atoms with Crippen LogP contribution in [0.5, 0.6) is 0 Å². The van der Waals surface area contributed by atoms with Gasteiger partial charge in [-0.2, -0.15) is 0 Å². The summed E-state index contributed by atoms with van der Waals surface area (Å²) in [5.41, 5.74) is 21.5. The van der Waals surface area contributed by atoms with Gasteiger partial charge in [0.15, 0.2) is 0 Å². The molecule has 4 aromatic carbocycles. The van der Waals surface area contributed by atoms with E-state index in [9.17, 15) is 4.39 Å². The molecule has 0 spiro atoms. The Kier molecular flexibility index (Phi) is 9.96. The highest BCUT2D eigenvalue weighted by atomic mass is 32.1. The van der Waals surface area contributed by atoms with E-state index in [1.165, 1.54) is 41.2 Å². The fraction of sp³-hybridized carbons (Fsp3) is 0.0667.